The van der Waals surface area contributed by atoms with Crippen LogP contribution in [0, 0.1) is 6.92 Å². The van der Waals surface area contributed by atoms with Gasteiger partial charge in [0.15, 0.2) is 5.69 Å². The van der Waals surface area contributed by atoms with Gasteiger partial charge in [-0.05, 0) is 43.5 Å². The summed E-state index contributed by atoms with van der Waals surface area (Å²) in [5.74, 6) is 0.327. The molecule has 0 aliphatic heterocycles. The van der Waals surface area contributed by atoms with Crippen LogP contribution in [0.5, 0.6) is 0 Å². The fourth-order valence-corrected chi connectivity index (χ4v) is 3.23. The Kier molecular flexibility index (Phi) is 7.74. The van der Waals surface area contributed by atoms with Crippen molar-refractivity contribution in [3.63, 3.8) is 0 Å². The molecule has 3 aromatic rings. The number of hydrogen-bond donors (Lipinski definition) is 1. The van der Waals surface area contributed by atoms with Crippen LogP contribution in [0.25, 0.3) is 0 Å². The van der Waals surface area contributed by atoms with Crippen molar-refractivity contribution in [2.75, 3.05) is 6.54 Å². The molecule has 0 bridgehead atoms. The first-order valence-corrected chi connectivity index (χ1v) is 10.5. The van der Waals surface area contributed by atoms with Gasteiger partial charge in [0, 0.05) is 37.4 Å². The van der Waals surface area contributed by atoms with Crippen molar-refractivity contribution < 1.29 is 9.21 Å². The molecule has 0 saturated heterocycles. The molecule has 1 amide bonds. The third-order valence-corrected chi connectivity index (χ3v) is 5.36. The third kappa shape index (κ3) is 6.00. The van der Waals surface area contributed by atoms with Gasteiger partial charge < -0.3 is 9.73 Å². The van der Waals surface area contributed by atoms with Crippen LogP contribution in [0.4, 0.5) is 0 Å². The van der Waals surface area contributed by atoms with Gasteiger partial charge in [-0.1, -0.05) is 37.3 Å². The lowest BCUT2D eigenvalue weighted by Gasteiger charge is -2.27. The van der Waals surface area contributed by atoms with E-state index >= 15 is 0 Å². The normalized spacial score (nSPS) is 12.1. The Bertz CT molecular complexity index is 939. The SMILES string of the molecule is CCC(C)N(Cc1nc(C(=O)NCCc2ccccn2)co1)Cc1ccccc1C. The smallest absolute Gasteiger partial charge is 0.273 e. The van der Waals surface area contributed by atoms with E-state index in [4.69, 9.17) is 4.42 Å². The van der Waals surface area contributed by atoms with E-state index in [2.05, 4.69) is 65.2 Å². The van der Waals surface area contributed by atoms with E-state index in [1.165, 1.54) is 17.4 Å². The van der Waals surface area contributed by atoms with Gasteiger partial charge in [0.2, 0.25) is 5.89 Å². The molecule has 0 spiro atoms. The fraction of sp³-hybridized carbons (Fsp3) is 0.375. The lowest BCUT2D eigenvalue weighted by molar-refractivity contribution is 0.0949. The minimum atomic E-state index is -0.227. The Labute approximate surface area is 178 Å². The predicted molar refractivity (Wildman–Crippen MR) is 117 cm³/mol. The zero-order chi connectivity index (χ0) is 21.3. The summed E-state index contributed by atoms with van der Waals surface area (Å²) in [5, 5.41) is 2.88. The number of carbonyl (C=O) groups is 1. The second-order valence-corrected chi connectivity index (χ2v) is 7.54. The van der Waals surface area contributed by atoms with Gasteiger partial charge in [0.1, 0.15) is 6.26 Å². The third-order valence-electron chi connectivity index (χ3n) is 5.36. The number of nitrogens with one attached hydrogen (secondary N) is 1. The molecule has 0 aliphatic carbocycles. The highest BCUT2D eigenvalue weighted by Crippen LogP contribution is 2.17. The van der Waals surface area contributed by atoms with E-state index < -0.39 is 0 Å². The van der Waals surface area contributed by atoms with Crippen molar-refractivity contribution in [1.29, 1.82) is 0 Å². The Morgan fingerprint density at radius 2 is 1.97 bits per heavy atom. The van der Waals surface area contributed by atoms with E-state index in [1.54, 1.807) is 6.20 Å². The summed E-state index contributed by atoms with van der Waals surface area (Å²) in [6.45, 7) is 8.38. The largest absolute Gasteiger partial charge is 0.447 e. The highest BCUT2D eigenvalue weighted by atomic mass is 16.3. The number of carbonyl (C=O) groups excluding carboxylic acids is 1. The van der Waals surface area contributed by atoms with Crippen molar-refractivity contribution in [2.45, 2.75) is 52.7 Å². The van der Waals surface area contributed by atoms with Crippen LogP contribution in [-0.2, 0) is 19.5 Å². The van der Waals surface area contributed by atoms with E-state index in [9.17, 15) is 4.79 Å². The first kappa shape index (κ1) is 21.7. The maximum absolute atomic E-state index is 12.4. The Morgan fingerprint density at radius 1 is 1.17 bits per heavy atom. The van der Waals surface area contributed by atoms with Gasteiger partial charge in [-0.3, -0.25) is 14.7 Å². The topological polar surface area (TPSA) is 71.3 Å². The van der Waals surface area contributed by atoms with Crippen LogP contribution in [0.15, 0.2) is 59.3 Å². The number of aryl methyl sites for hydroxylation is 1. The summed E-state index contributed by atoms with van der Waals surface area (Å²) >= 11 is 0. The zero-order valence-electron chi connectivity index (χ0n) is 18.0. The van der Waals surface area contributed by atoms with Gasteiger partial charge in [-0.25, -0.2) is 4.98 Å². The molecule has 0 saturated carbocycles. The van der Waals surface area contributed by atoms with Crippen LogP contribution in [0.1, 0.15) is 53.5 Å². The molecular weight excluding hydrogens is 376 g/mol. The van der Waals surface area contributed by atoms with Crippen LogP contribution >= 0.6 is 0 Å². The van der Waals surface area contributed by atoms with Gasteiger partial charge in [0.25, 0.3) is 5.91 Å². The van der Waals surface area contributed by atoms with Crippen molar-refractivity contribution in [1.82, 2.24) is 20.2 Å². The summed E-state index contributed by atoms with van der Waals surface area (Å²) in [6, 6.07) is 14.5. The van der Waals surface area contributed by atoms with E-state index in [-0.39, 0.29) is 5.91 Å². The van der Waals surface area contributed by atoms with Crippen LogP contribution in [-0.4, -0.2) is 33.4 Å². The van der Waals surface area contributed by atoms with Gasteiger partial charge in [-0.2, -0.15) is 0 Å². The van der Waals surface area contributed by atoms with Crippen molar-refractivity contribution in [3.8, 4) is 0 Å². The maximum Gasteiger partial charge on any atom is 0.273 e. The molecular formula is C24H30N4O2. The number of hydrogen-bond acceptors (Lipinski definition) is 5. The number of oxazole rings is 1. The standard InChI is InChI=1S/C24H30N4O2/c1-4-19(3)28(15-20-10-6-5-9-18(20)2)16-23-27-22(17-30-23)24(29)26-14-12-21-11-7-8-13-25-21/h5-11,13,17,19H,4,12,14-16H2,1-3H3,(H,26,29). The number of pyridine rings is 1. The molecule has 1 N–H and O–H groups in total. The molecule has 6 heteroatoms. The molecule has 1 atom stereocenters. The highest BCUT2D eigenvalue weighted by molar-refractivity contribution is 5.91. The molecule has 2 aromatic heterocycles. The number of rotatable bonds is 10. The first-order valence-electron chi connectivity index (χ1n) is 10.5. The van der Waals surface area contributed by atoms with Crippen LogP contribution in [0.2, 0.25) is 0 Å². The van der Waals surface area contributed by atoms with E-state index in [1.807, 2.05) is 18.2 Å². The quantitative estimate of drug-likeness (QED) is 0.548. The van der Waals surface area contributed by atoms with Crippen LogP contribution < -0.4 is 5.32 Å². The average molecular weight is 407 g/mol. The van der Waals surface area contributed by atoms with Crippen molar-refractivity contribution in [2.24, 2.45) is 0 Å². The monoisotopic (exact) mass is 406 g/mol. The fourth-order valence-electron chi connectivity index (χ4n) is 3.23. The molecule has 0 radical (unpaired) electrons. The molecule has 0 fully saturated rings. The van der Waals surface area contributed by atoms with Gasteiger partial charge in [0.05, 0.1) is 6.54 Å². The lowest BCUT2D eigenvalue weighted by Crippen LogP contribution is -2.32. The second-order valence-electron chi connectivity index (χ2n) is 7.54. The molecule has 6 nitrogen and oxygen atoms in total. The number of amides is 1. The van der Waals surface area contributed by atoms with Crippen LogP contribution in [0.3, 0.4) is 0 Å². The average Bonchev–Trinajstić information content (AvgIpc) is 3.23. The predicted octanol–water partition coefficient (Wildman–Crippen LogP) is 4.15. The molecule has 1 aromatic carbocycles. The molecule has 0 aliphatic rings. The Hall–Kier alpha value is -2.99. The molecule has 1 unspecified atom stereocenters. The Balaban J connectivity index is 1.58. The van der Waals surface area contributed by atoms with Gasteiger partial charge >= 0.3 is 0 Å². The number of benzene rings is 1. The summed E-state index contributed by atoms with van der Waals surface area (Å²) in [6.07, 6.45) is 4.89. The number of nitrogens with zero attached hydrogens (tertiary/aromatic N) is 3. The zero-order valence-corrected chi connectivity index (χ0v) is 18.0. The summed E-state index contributed by atoms with van der Waals surface area (Å²) in [7, 11) is 0. The summed E-state index contributed by atoms with van der Waals surface area (Å²) in [5.41, 5.74) is 3.81. The van der Waals surface area contributed by atoms with Gasteiger partial charge in [-0.15, -0.1) is 0 Å². The van der Waals surface area contributed by atoms with Crippen molar-refractivity contribution >= 4 is 5.91 Å². The minimum absolute atomic E-state index is 0.227. The molecule has 30 heavy (non-hydrogen) atoms. The van der Waals surface area contributed by atoms with E-state index in [0.717, 1.165) is 18.7 Å². The minimum Gasteiger partial charge on any atom is -0.447 e. The molecule has 2 heterocycles. The second kappa shape index (κ2) is 10.7. The number of aromatic nitrogens is 2. The lowest BCUT2D eigenvalue weighted by atomic mass is 10.1. The molecule has 158 valence electrons. The first-order chi connectivity index (χ1) is 14.6. The summed E-state index contributed by atoms with van der Waals surface area (Å²) < 4.78 is 5.62. The maximum atomic E-state index is 12.4. The molecule has 3 rings (SSSR count). The summed E-state index contributed by atoms with van der Waals surface area (Å²) in [4.78, 5) is 23.4. The van der Waals surface area contributed by atoms with E-state index in [0.29, 0.717) is 37.1 Å². The Morgan fingerprint density at radius 3 is 2.70 bits per heavy atom. The highest BCUT2D eigenvalue weighted by Gasteiger charge is 2.19. The van der Waals surface area contributed by atoms with Crippen molar-refractivity contribution in [3.05, 3.63) is 83.3 Å².